The quantitative estimate of drug-likeness (QED) is 0.693. The Bertz CT molecular complexity index is 703. The molecule has 0 unspecified atom stereocenters. The molecule has 2 aromatic carbocycles. The van der Waals surface area contributed by atoms with Crippen LogP contribution in [0.25, 0.3) is 17.0 Å². The van der Waals surface area contributed by atoms with E-state index in [1.54, 1.807) is 6.26 Å². The highest BCUT2D eigenvalue weighted by Crippen LogP contribution is 2.19. The van der Waals surface area contributed by atoms with Gasteiger partial charge in [0, 0.05) is 24.0 Å². The SMILES string of the molecule is C(=C\c1ccccc1)/CNCc1cccc2ccoc12.Cl. The molecule has 0 aliphatic rings. The van der Waals surface area contributed by atoms with E-state index in [9.17, 15) is 0 Å². The van der Waals surface area contributed by atoms with E-state index in [0.717, 1.165) is 24.1 Å². The van der Waals surface area contributed by atoms with Gasteiger partial charge in [-0.3, -0.25) is 0 Å². The second-order valence-electron chi connectivity index (χ2n) is 4.70. The lowest BCUT2D eigenvalue weighted by Gasteiger charge is -2.03. The van der Waals surface area contributed by atoms with Crippen molar-refractivity contribution in [1.29, 1.82) is 0 Å². The Morgan fingerprint density at radius 1 is 0.952 bits per heavy atom. The first-order valence-corrected chi connectivity index (χ1v) is 6.81. The van der Waals surface area contributed by atoms with Gasteiger partial charge in [0.25, 0.3) is 0 Å². The van der Waals surface area contributed by atoms with Gasteiger partial charge in [0.15, 0.2) is 0 Å². The fraction of sp³-hybridized carbons (Fsp3) is 0.111. The van der Waals surface area contributed by atoms with Crippen molar-refractivity contribution in [3.63, 3.8) is 0 Å². The number of benzene rings is 2. The molecular weight excluding hydrogens is 282 g/mol. The largest absolute Gasteiger partial charge is 0.464 e. The third-order valence-corrected chi connectivity index (χ3v) is 3.25. The molecule has 0 radical (unpaired) electrons. The molecule has 0 aliphatic heterocycles. The molecule has 0 aliphatic carbocycles. The van der Waals surface area contributed by atoms with Crippen LogP contribution < -0.4 is 5.32 Å². The molecule has 0 bridgehead atoms. The number of nitrogens with one attached hydrogen (secondary N) is 1. The fourth-order valence-corrected chi connectivity index (χ4v) is 2.24. The van der Waals surface area contributed by atoms with Gasteiger partial charge in [-0.2, -0.15) is 0 Å². The molecule has 1 N–H and O–H groups in total. The van der Waals surface area contributed by atoms with Gasteiger partial charge in [-0.05, 0) is 11.6 Å². The summed E-state index contributed by atoms with van der Waals surface area (Å²) in [7, 11) is 0. The topological polar surface area (TPSA) is 25.2 Å². The van der Waals surface area contributed by atoms with Crippen LogP contribution in [0.15, 0.2) is 71.4 Å². The highest BCUT2D eigenvalue weighted by atomic mass is 35.5. The van der Waals surface area contributed by atoms with Crippen LogP contribution in [-0.4, -0.2) is 6.54 Å². The lowest BCUT2D eigenvalue weighted by molar-refractivity contribution is 0.606. The zero-order valence-electron chi connectivity index (χ0n) is 11.7. The predicted octanol–water partition coefficient (Wildman–Crippen LogP) is 4.66. The van der Waals surface area contributed by atoms with Crippen molar-refractivity contribution in [3.8, 4) is 0 Å². The van der Waals surface area contributed by atoms with Gasteiger partial charge < -0.3 is 9.73 Å². The zero-order chi connectivity index (χ0) is 13.6. The van der Waals surface area contributed by atoms with Crippen LogP contribution in [0.4, 0.5) is 0 Å². The van der Waals surface area contributed by atoms with Crippen LogP contribution in [0.3, 0.4) is 0 Å². The lowest BCUT2D eigenvalue weighted by Crippen LogP contribution is -2.12. The number of halogens is 1. The molecule has 3 aromatic rings. The fourth-order valence-electron chi connectivity index (χ4n) is 2.24. The third kappa shape index (κ3) is 3.97. The Hall–Kier alpha value is -2.03. The summed E-state index contributed by atoms with van der Waals surface area (Å²) in [4.78, 5) is 0. The van der Waals surface area contributed by atoms with Crippen molar-refractivity contribution in [2.45, 2.75) is 6.54 Å². The Morgan fingerprint density at radius 2 is 1.81 bits per heavy atom. The van der Waals surface area contributed by atoms with Crippen LogP contribution in [0.5, 0.6) is 0 Å². The average Bonchev–Trinajstić information content (AvgIpc) is 2.97. The van der Waals surface area contributed by atoms with E-state index >= 15 is 0 Å². The maximum absolute atomic E-state index is 5.52. The monoisotopic (exact) mass is 299 g/mol. The highest BCUT2D eigenvalue weighted by molar-refractivity contribution is 5.85. The van der Waals surface area contributed by atoms with Crippen molar-refractivity contribution in [3.05, 3.63) is 78.1 Å². The van der Waals surface area contributed by atoms with Gasteiger partial charge in [-0.25, -0.2) is 0 Å². The summed E-state index contributed by atoms with van der Waals surface area (Å²) >= 11 is 0. The van der Waals surface area contributed by atoms with Gasteiger partial charge in [0.1, 0.15) is 5.58 Å². The first-order valence-electron chi connectivity index (χ1n) is 6.81. The summed E-state index contributed by atoms with van der Waals surface area (Å²) in [5.74, 6) is 0. The van der Waals surface area contributed by atoms with Crippen molar-refractivity contribution in [1.82, 2.24) is 5.32 Å². The molecule has 108 valence electrons. The first-order chi connectivity index (χ1) is 9.93. The molecule has 0 atom stereocenters. The summed E-state index contributed by atoms with van der Waals surface area (Å²) in [5, 5.41) is 4.56. The third-order valence-electron chi connectivity index (χ3n) is 3.25. The number of furan rings is 1. The molecule has 0 fully saturated rings. The standard InChI is InChI=1S/C18H17NO.ClH/c1-2-6-15(7-3-1)8-5-12-19-14-17-10-4-9-16-11-13-20-18(16)17;/h1-11,13,19H,12,14H2;1H/b8-5+;. The number of fused-ring (bicyclic) bond motifs is 1. The minimum Gasteiger partial charge on any atom is -0.464 e. The van der Waals surface area contributed by atoms with Crippen molar-refractivity contribution >= 4 is 29.5 Å². The van der Waals surface area contributed by atoms with Crippen LogP contribution in [0.2, 0.25) is 0 Å². The Morgan fingerprint density at radius 3 is 2.67 bits per heavy atom. The van der Waals surface area contributed by atoms with E-state index in [0.29, 0.717) is 0 Å². The number of para-hydroxylation sites is 1. The summed E-state index contributed by atoms with van der Waals surface area (Å²) in [6, 6.07) is 18.5. The Kier molecular flexibility index (Phi) is 5.61. The predicted molar refractivity (Wildman–Crippen MR) is 90.6 cm³/mol. The van der Waals surface area contributed by atoms with E-state index in [1.165, 1.54) is 11.1 Å². The maximum Gasteiger partial charge on any atom is 0.138 e. The molecule has 0 spiro atoms. The molecule has 0 amide bonds. The van der Waals surface area contributed by atoms with Crippen molar-refractivity contribution in [2.24, 2.45) is 0 Å². The van der Waals surface area contributed by atoms with E-state index in [4.69, 9.17) is 4.42 Å². The average molecular weight is 300 g/mol. The Labute approximate surface area is 130 Å². The van der Waals surface area contributed by atoms with Crippen LogP contribution >= 0.6 is 12.4 Å². The molecule has 1 aromatic heterocycles. The summed E-state index contributed by atoms with van der Waals surface area (Å²) in [6.07, 6.45) is 6.00. The van der Waals surface area contributed by atoms with Gasteiger partial charge >= 0.3 is 0 Å². The van der Waals surface area contributed by atoms with Crippen LogP contribution in [0, 0.1) is 0 Å². The van der Waals surface area contributed by atoms with Crippen LogP contribution in [-0.2, 0) is 6.54 Å². The van der Waals surface area contributed by atoms with Gasteiger partial charge in [-0.1, -0.05) is 60.7 Å². The van der Waals surface area contributed by atoms with Crippen LogP contribution in [0.1, 0.15) is 11.1 Å². The second-order valence-corrected chi connectivity index (χ2v) is 4.70. The minimum absolute atomic E-state index is 0. The van der Waals surface area contributed by atoms with E-state index in [2.05, 4.69) is 47.8 Å². The normalized spacial score (nSPS) is 10.9. The molecule has 0 saturated carbocycles. The smallest absolute Gasteiger partial charge is 0.138 e. The molecular formula is C18H18ClNO. The van der Waals surface area contributed by atoms with E-state index < -0.39 is 0 Å². The molecule has 3 heteroatoms. The van der Waals surface area contributed by atoms with E-state index in [1.807, 2.05) is 24.3 Å². The van der Waals surface area contributed by atoms with Crippen molar-refractivity contribution < 1.29 is 4.42 Å². The number of hydrogen-bond acceptors (Lipinski definition) is 2. The highest BCUT2D eigenvalue weighted by Gasteiger charge is 2.02. The molecule has 21 heavy (non-hydrogen) atoms. The summed E-state index contributed by atoms with van der Waals surface area (Å²) in [5.41, 5.74) is 3.40. The molecule has 2 nitrogen and oxygen atoms in total. The van der Waals surface area contributed by atoms with Gasteiger partial charge in [0.05, 0.1) is 6.26 Å². The van der Waals surface area contributed by atoms with Gasteiger partial charge in [0.2, 0.25) is 0 Å². The molecule has 3 rings (SSSR count). The van der Waals surface area contributed by atoms with E-state index in [-0.39, 0.29) is 12.4 Å². The number of rotatable bonds is 5. The summed E-state index contributed by atoms with van der Waals surface area (Å²) < 4.78 is 5.52. The lowest BCUT2D eigenvalue weighted by atomic mass is 10.1. The summed E-state index contributed by atoms with van der Waals surface area (Å²) in [6.45, 7) is 1.65. The van der Waals surface area contributed by atoms with Crippen molar-refractivity contribution in [2.75, 3.05) is 6.54 Å². The first kappa shape index (κ1) is 15.4. The zero-order valence-corrected chi connectivity index (χ0v) is 12.5. The maximum atomic E-state index is 5.52. The Balaban J connectivity index is 0.00000161. The number of hydrogen-bond donors (Lipinski definition) is 1. The molecule has 0 saturated heterocycles. The molecule has 1 heterocycles. The second kappa shape index (κ2) is 7.67. The van der Waals surface area contributed by atoms with Gasteiger partial charge in [-0.15, -0.1) is 12.4 Å². The minimum atomic E-state index is 0.